The fourth-order valence-electron chi connectivity index (χ4n) is 2.56. The Hall–Kier alpha value is -1.22. The highest BCUT2D eigenvalue weighted by Gasteiger charge is 2.37. The monoisotopic (exact) mass is 311 g/mol. The summed E-state index contributed by atoms with van der Waals surface area (Å²) < 4.78 is 11.5. The van der Waals surface area contributed by atoms with Crippen LogP contribution in [-0.4, -0.2) is 19.1 Å². The highest BCUT2D eigenvalue weighted by molar-refractivity contribution is 5.90. The largest absolute Gasteiger partial charge is 1.00 e. The summed E-state index contributed by atoms with van der Waals surface area (Å²) in [4.78, 5) is 0. The quantitative estimate of drug-likeness (QED) is 0.574. The van der Waals surface area contributed by atoms with Gasteiger partial charge in [0.25, 0.3) is 0 Å². The molecule has 0 saturated carbocycles. The molecule has 0 saturated heterocycles. The molecule has 3 nitrogen and oxygen atoms in total. The van der Waals surface area contributed by atoms with Crippen molar-refractivity contribution in [3.05, 3.63) is 28.8 Å². The number of halogens is 1. The van der Waals surface area contributed by atoms with Crippen molar-refractivity contribution >= 4 is 5.90 Å². The zero-order valence-electron chi connectivity index (χ0n) is 13.8. The first kappa shape index (κ1) is 17.8. The molecule has 0 aromatic heterocycles. The minimum absolute atomic E-state index is 0. The standard InChI is InChI=1S/C17H25NO2.ClH/c1-7-19-15(18)11-8-12(16(2,3)4)14-13(9-11)17(5,6)10-20-14;/h8-9,18H,7,10H2,1-6H3;1H. The lowest BCUT2D eigenvalue weighted by Gasteiger charge is -2.23. The zero-order valence-corrected chi connectivity index (χ0v) is 14.6. The third-order valence-electron chi connectivity index (χ3n) is 3.79. The third kappa shape index (κ3) is 3.34. The van der Waals surface area contributed by atoms with Gasteiger partial charge in [-0.05, 0) is 24.5 Å². The van der Waals surface area contributed by atoms with Crippen molar-refractivity contribution in [1.29, 1.82) is 0 Å². The highest BCUT2D eigenvalue weighted by atomic mass is 35.5. The van der Waals surface area contributed by atoms with E-state index >= 15 is 0 Å². The van der Waals surface area contributed by atoms with Crippen LogP contribution in [0.15, 0.2) is 12.1 Å². The number of nitrogens with two attached hydrogens (primary N) is 1. The smallest absolute Gasteiger partial charge is 0.366 e. The van der Waals surface area contributed by atoms with Gasteiger partial charge in [-0.3, -0.25) is 0 Å². The van der Waals surface area contributed by atoms with E-state index in [1.54, 1.807) is 0 Å². The number of benzene rings is 1. The number of fused-ring (bicyclic) bond motifs is 1. The Kier molecular flexibility index (Phi) is 4.99. The van der Waals surface area contributed by atoms with Crippen molar-refractivity contribution in [2.24, 2.45) is 0 Å². The third-order valence-corrected chi connectivity index (χ3v) is 3.79. The van der Waals surface area contributed by atoms with Crippen LogP contribution < -0.4 is 22.6 Å². The van der Waals surface area contributed by atoms with Crippen LogP contribution >= 0.6 is 0 Å². The molecule has 2 N–H and O–H groups in total. The summed E-state index contributed by atoms with van der Waals surface area (Å²) in [5, 5.41) is 6.05. The van der Waals surface area contributed by atoms with Crippen molar-refractivity contribution in [1.82, 2.24) is 0 Å². The minimum atomic E-state index is 0. The summed E-state index contributed by atoms with van der Waals surface area (Å²) in [6.07, 6.45) is 0. The molecule has 0 fully saturated rings. The number of ether oxygens (including phenoxy) is 2. The number of hydrogen-bond acceptors (Lipinski definition) is 2. The van der Waals surface area contributed by atoms with Crippen molar-refractivity contribution < 1.29 is 27.3 Å². The van der Waals surface area contributed by atoms with Gasteiger partial charge in [-0.15, -0.1) is 0 Å². The first-order chi connectivity index (χ1) is 9.16. The molecule has 0 bridgehead atoms. The molecule has 1 aliphatic rings. The second-order valence-electron chi connectivity index (χ2n) is 7.12. The Labute approximate surface area is 134 Å². The molecule has 0 spiro atoms. The van der Waals surface area contributed by atoms with E-state index in [4.69, 9.17) is 14.9 Å². The fourth-order valence-corrected chi connectivity index (χ4v) is 2.56. The van der Waals surface area contributed by atoms with Crippen LogP contribution in [0.25, 0.3) is 0 Å². The van der Waals surface area contributed by atoms with Gasteiger partial charge in [-0.25, -0.2) is 5.41 Å². The Bertz CT molecular complexity index is 544. The molecular formula is C17H26ClNO2. The van der Waals surface area contributed by atoms with Crippen LogP contribution in [0.1, 0.15) is 58.2 Å². The zero-order chi connectivity index (χ0) is 15.1. The maximum atomic E-state index is 6.05. The second kappa shape index (κ2) is 5.88. The van der Waals surface area contributed by atoms with E-state index in [1.807, 2.05) is 6.92 Å². The molecule has 1 aromatic rings. The van der Waals surface area contributed by atoms with Gasteiger partial charge >= 0.3 is 5.90 Å². The summed E-state index contributed by atoms with van der Waals surface area (Å²) in [6.45, 7) is 14.2. The Morgan fingerprint density at radius 2 is 1.95 bits per heavy atom. The van der Waals surface area contributed by atoms with Crippen molar-refractivity contribution in [3.63, 3.8) is 0 Å². The molecule has 1 heterocycles. The predicted molar refractivity (Wildman–Crippen MR) is 81.3 cm³/mol. The molecule has 1 aliphatic heterocycles. The maximum absolute atomic E-state index is 6.05. The summed E-state index contributed by atoms with van der Waals surface area (Å²) in [5.41, 5.74) is 3.39. The highest BCUT2D eigenvalue weighted by Crippen LogP contribution is 2.45. The normalized spacial score (nSPS) is 15.7. The summed E-state index contributed by atoms with van der Waals surface area (Å²) in [7, 11) is 0. The van der Waals surface area contributed by atoms with Gasteiger partial charge in [0, 0.05) is 16.5 Å². The Morgan fingerprint density at radius 1 is 1.33 bits per heavy atom. The van der Waals surface area contributed by atoms with Gasteiger partial charge in [-0.1, -0.05) is 34.6 Å². The van der Waals surface area contributed by atoms with E-state index < -0.39 is 0 Å². The molecule has 0 atom stereocenters. The molecular weight excluding hydrogens is 286 g/mol. The van der Waals surface area contributed by atoms with Crippen molar-refractivity contribution in [2.75, 3.05) is 13.2 Å². The van der Waals surface area contributed by atoms with E-state index in [0.717, 1.165) is 11.3 Å². The molecule has 0 aliphatic carbocycles. The van der Waals surface area contributed by atoms with E-state index in [9.17, 15) is 0 Å². The van der Waals surface area contributed by atoms with E-state index in [-0.39, 0.29) is 23.2 Å². The van der Waals surface area contributed by atoms with Gasteiger partial charge in [0.15, 0.2) is 0 Å². The van der Waals surface area contributed by atoms with Gasteiger partial charge in [0.2, 0.25) is 0 Å². The first-order valence-electron chi connectivity index (χ1n) is 7.24. The molecule has 1 aromatic carbocycles. The average Bonchev–Trinajstić information content (AvgIpc) is 2.63. The summed E-state index contributed by atoms with van der Waals surface area (Å²) in [6, 6.07) is 4.22. The van der Waals surface area contributed by atoms with E-state index in [0.29, 0.717) is 19.1 Å². The molecule has 0 radical (unpaired) electrons. The maximum Gasteiger partial charge on any atom is 0.366 e. The summed E-state index contributed by atoms with van der Waals surface area (Å²) in [5.74, 6) is 1.51. The lowest BCUT2D eigenvalue weighted by atomic mass is 9.79. The van der Waals surface area contributed by atoms with Gasteiger partial charge < -0.3 is 21.9 Å². The second-order valence-corrected chi connectivity index (χ2v) is 7.12. The lowest BCUT2D eigenvalue weighted by molar-refractivity contribution is -0.138. The molecule has 4 heteroatoms. The molecule has 0 amide bonds. The minimum Gasteiger partial charge on any atom is -1.00 e. The Balaban J connectivity index is 0.00000220. The van der Waals surface area contributed by atoms with E-state index in [1.165, 1.54) is 11.1 Å². The Morgan fingerprint density at radius 3 is 2.48 bits per heavy atom. The van der Waals surface area contributed by atoms with Crippen LogP contribution in [-0.2, 0) is 15.6 Å². The predicted octanol–water partition coefficient (Wildman–Crippen LogP) is -0.800. The average molecular weight is 312 g/mol. The van der Waals surface area contributed by atoms with Gasteiger partial charge in [0.1, 0.15) is 5.75 Å². The lowest BCUT2D eigenvalue weighted by Crippen LogP contribution is -3.00. The molecule has 21 heavy (non-hydrogen) atoms. The molecule has 0 unspecified atom stereocenters. The first-order valence-corrected chi connectivity index (χ1v) is 7.24. The van der Waals surface area contributed by atoms with Crippen molar-refractivity contribution in [2.45, 2.75) is 52.4 Å². The molecule has 2 rings (SSSR count). The van der Waals surface area contributed by atoms with Gasteiger partial charge in [-0.2, -0.15) is 0 Å². The van der Waals surface area contributed by atoms with Crippen molar-refractivity contribution in [3.8, 4) is 5.75 Å². The van der Waals surface area contributed by atoms with Crippen LogP contribution in [0.4, 0.5) is 0 Å². The van der Waals surface area contributed by atoms with Crippen LogP contribution in [0.3, 0.4) is 0 Å². The summed E-state index contributed by atoms with van der Waals surface area (Å²) >= 11 is 0. The topological polar surface area (TPSA) is 44.0 Å². The van der Waals surface area contributed by atoms with E-state index in [2.05, 4.69) is 46.8 Å². The molecule has 118 valence electrons. The van der Waals surface area contributed by atoms with Crippen LogP contribution in [0.5, 0.6) is 5.75 Å². The van der Waals surface area contributed by atoms with Crippen LogP contribution in [0, 0.1) is 0 Å². The van der Waals surface area contributed by atoms with Crippen LogP contribution in [0.2, 0.25) is 0 Å². The SMILES string of the molecule is CCOC(=[NH2+])c1cc(C(C)(C)C)c2c(c1)C(C)(C)CO2.[Cl-]. The van der Waals surface area contributed by atoms with Gasteiger partial charge in [0.05, 0.1) is 18.8 Å². The fraction of sp³-hybridized carbons (Fsp3) is 0.588. The number of rotatable bonds is 2. The number of hydrogen-bond donors (Lipinski definition) is 1.